The summed E-state index contributed by atoms with van der Waals surface area (Å²) >= 11 is 0. The SMILES string of the molecule is C/C(=N\C(=O)C1(C)CCN(C(=O)CC(C)(C)C)CC1)N1CCC2(CCc3ccccc32)CC1. The highest BCUT2D eigenvalue weighted by Crippen LogP contribution is 2.46. The summed E-state index contributed by atoms with van der Waals surface area (Å²) in [6.07, 6.45) is 6.64. The topological polar surface area (TPSA) is 53.0 Å². The number of benzene rings is 1. The molecule has 2 aliphatic heterocycles. The maximum atomic E-state index is 13.2. The van der Waals surface area contributed by atoms with Crippen molar-refractivity contribution in [3.63, 3.8) is 0 Å². The second-order valence-electron chi connectivity index (χ2n) is 12.1. The Morgan fingerprint density at radius 2 is 1.55 bits per heavy atom. The highest BCUT2D eigenvalue weighted by Gasteiger charge is 2.42. The number of fused-ring (bicyclic) bond motifs is 2. The standard InChI is InChI=1S/C28H41N3O2/c1-21(30-18-14-28(15-19-30)11-10-22-8-6-7-9-23(22)28)29-25(33)27(5)12-16-31(17-13-27)24(32)20-26(2,3)4/h6-9H,10-20H2,1-5H3/b29-21+. The Morgan fingerprint density at radius 1 is 0.939 bits per heavy atom. The summed E-state index contributed by atoms with van der Waals surface area (Å²) in [5.41, 5.74) is 2.90. The van der Waals surface area contributed by atoms with E-state index in [2.05, 4.69) is 54.9 Å². The Hall–Kier alpha value is -2.17. The molecular weight excluding hydrogens is 410 g/mol. The van der Waals surface area contributed by atoms with Crippen LogP contribution in [-0.4, -0.2) is 53.6 Å². The molecule has 1 aromatic carbocycles. The van der Waals surface area contributed by atoms with Gasteiger partial charge in [-0.15, -0.1) is 0 Å². The number of carbonyl (C=O) groups excluding carboxylic acids is 2. The number of nitrogens with zero attached hydrogens (tertiary/aromatic N) is 3. The highest BCUT2D eigenvalue weighted by atomic mass is 16.2. The second-order valence-corrected chi connectivity index (χ2v) is 12.1. The summed E-state index contributed by atoms with van der Waals surface area (Å²) in [7, 11) is 0. The van der Waals surface area contributed by atoms with Crippen LogP contribution in [0.2, 0.25) is 0 Å². The molecule has 1 aliphatic carbocycles. The summed E-state index contributed by atoms with van der Waals surface area (Å²) in [5, 5.41) is 0. The number of amides is 2. The van der Waals surface area contributed by atoms with Crippen LogP contribution < -0.4 is 0 Å². The molecule has 4 rings (SSSR count). The summed E-state index contributed by atoms with van der Waals surface area (Å²) in [4.78, 5) is 34.6. The van der Waals surface area contributed by atoms with Crippen molar-refractivity contribution in [2.45, 2.75) is 85.0 Å². The molecule has 0 N–H and O–H groups in total. The average Bonchev–Trinajstić information content (AvgIpc) is 3.11. The van der Waals surface area contributed by atoms with Crippen molar-refractivity contribution in [1.29, 1.82) is 0 Å². The zero-order chi connectivity index (χ0) is 23.9. The second kappa shape index (κ2) is 8.88. The molecule has 2 fully saturated rings. The normalized spacial score (nSPS) is 22.4. The van der Waals surface area contributed by atoms with Crippen LogP contribution in [0.25, 0.3) is 0 Å². The van der Waals surface area contributed by atoms with Gasteiger partial charge in [0.25, 0.3) is 5.91 Å². The van der Waals surface area contributed by atoms with Gasteiger partial charge >= 0.3 is 0 Å². The smallest absolute Gasteiger partial charge is 0.253 e. The van der Waals surface area contributed by atoms with E-state index in [9.17, 15) is 9.59 Å². The molecule has 2 saturated heterocycles. The predicted octanol–water partition coefficient (Wildman–Crippen LogP) is 4.98. The molecule has 2 heterocycles. The van der Waals surface area contributed by atoms with Crippen molar-refractivity contribution in [1.82, 2.24) is 9.80 Å². The van der Waals surface area contributed by atoms with Crippen LogP contribution >= 0.6 is 0 Å². The van der Waals surface area contributed by atoms with E-state index in [0.717, 1.165) is 31.8 Å². The largest absolute Gasteiger partial charge is 0.360 e. The van der Waals surface area contributed by atoms with Gasteiger partial charge in [0.1, 0.15) is 5.84 Å². The first-order valence-corrected chi connectivity index (χ1v) is 12.7. The zero-order valence-electron chi connectivity index (χ0n) is 21.2. The first kappa shape index (κ1) is 24.0. The fraction of sp³-hybridized carbons (Fsp3) is 0.679. The van der Waals surface area contributed by atoms with Crippen LogP contribution in [0.3, 0.4) is 0 Å². The van der Waals surface area contributed by atoms with Crippen LogP contribution in [0.1, 0.15) is 84.3 Å². The van der Waals surface area contributed by atoms with Gasteiger partial charge < -0.3 is 9.80 Å². The molecule has 5 nitrogen and oxygen atoms in total. The molecule has 0 unspecified atom stereocenters. The maximum absolute atomic E-state index is 13.2. The minimum absolute atomic E-state index is 0.0113. The molecule has 1 aromatic rings. The van der Waals surface area contributed by atoms with Crippen molar-refractivity contribution in [3.8, 4) is 0 Å². The lowest BCUT2D eigenvalue weighted by molar-refractivity contribution is -0.139. The van der Waals surface area contributed by atoms with Crippen molar-refractivity contribution in [2.75, 3.05) is 26.2 Å². The van der Waals surface area contributed by atoms with Gasteiger partial charge in [0, 0.05) is 32.6 Å². The van der Waals surface area contributed by atoms with Crippen molar-refractivity contribution >= 4 is 17.6 Å². The Labute approximate surface area is 199 Å². The number of likely N-dealkylation sites (tertiary alicyclic amines) is 2. The van der Waals surface area contributed by atoms with E-state index < -0.39 is 5.41 Å². The molecule has 180 valence electrons. The third-order valence-electron chi connectivity index (χ3n) is 8.32. The minimum atomic E-state index is -0.471. The molecule has 33 heavy (non-hydrogen) atoms. The van der Waals surface area contributed by atoms with Gasteiger partial charge in [0.05, 0.1) is 5.41 Å². The lowest BCUT2D eigenvalue weighted by atomic mass is 9.74. The van der Waals surface area contributed by atoms with Gasteiger partial charge in [0.2, 0.25) is 5.91 Å². The lowest BCUT2D eigenvalue weighted by Crippen LogP contribution is -2.46. The van der Waals surface area contributed by atoms with Crippen molar-refractivity contribution in [2.24, 2.45) is 15.8 Å². The Balaban J connectivity index is 1.33. The number of aryl methyl sites for hydroxylation is 1. The van der Waals surface area contributed by atoms with Crippen LogP contribution in [0.15, 0.2) is 29.3 Å². The average molecular weight is 452 g/mol. The maximum Gasteiger partial charge on any atom is 0.253 e. The number of piperidine rings is 2. The van der Waals surface area contributed by atoms with Crippen LogP contribution in [0.5, 0.6) is 0 Å². The fourth-order valence-electron chi connectivity index (χ4n) is 5.92. The minimum Gasteiger partial charge on any atom is -0.360 e. The Morgan fingerprint density at radius 3 is 2.18 bits per heavy atom. The third-order valence-corrected chi connectivity index (χ3v) is 8.32. The van der Waals surface area contributed by atoms with E-state index in [1.165, 1.54) is 18.4 Å². The van der Waals surface area contributed by atoms with Crippen molar-refractivity contribution < 1.29 is 9.59 Å². The van der Waals surface area contributed by atoms with Crippen LogP contribution in [-0.2, 0) is 21.4 Å². The number of hydrogen-bond acceptors (Lipinski definition) is 2. The Bertz CT molecular complexity index is 927. The molecule has 2 amide bonds. The lowest BCUT2D eigenvalue weighted by Gasteiger charge is -2.41. The quantitative estimate of drug-likeness (QED) is 0.471. The summed E-state index contributed by atoms with van der Waals surface area (Å²) in [6, 6.07) is 8.93. The molecule has 3 aliphatic rings. The van der Waals surface area contributed by atoms with E-state index in [4.69, 9.17) is 0 Å². The van der Waals surface area contributed by atoms with E-state index in [1.54, 1.807) is 5.56 Å². The van der Waals surface area contributed by atoms with Gasteiger partial charge in [-0.2, -0.15) is 0 Å². The fourth-order valence-corrected chi connectivity index (χ4v) is 5.92. The first-order valence-electron chi connectivity index (χ1n) is 12.7. The van der Waals surface area contributed by atoms with Gasteiger partial charge in [-0.1, -0.05) is 52.0 Å². The molecule has 5 heteroatoms. The molecule has 0 atom stereocenters. The zero-order valence-corrected chi connectivity index (χ0v) is 21.2. The van der Waals surface area contributed by atoms with Crippen LogP contribution in [0.4, 0.5) is 0 Å². The summed E-state index contributed by atoms with van der Waals surface area (Å²) < 4.78 is 0. The molecule has 0 radical (unpaired) electrons. The molecule has 1 spiro atoms. The summed E-state index contributed by atoms with van der Waals surface area (Å²) in [6.45, 7) is 13.5. The molecule has 0 aromatic heterocycles. The third kappa shape index (κ3) is 5.02. The number of aliphatic imine (C=N–C) groups is 1. The number of rotatable bonds is 2. The first-order chi connectivity index (χ1) is 15.5. The van der Waals surface area contributed by atoms with E-state index >= 15 is 0 Å². The van der Waals surface area contributed by atoms with Gasteiger partial charge in [0.15, 0.2) is 0 Å². The number of hydrogen-bond donors (Lipinski definition) is 0. The molecule has 0 saturated carbocycles. The van der Waals surface area contributed by atoms with Gasteiger partial charge in [-0.05, 0) is 67.4 Å². The monoisotopic (exact) mass is 451 g/mol. The molecular formula is C28H41N3O2. The highest BCUT2D eigenvalue weighted by molar-refractivity contribution is 5.96. The van der Waals surface area contributed by atoms with Gasteiger partial charge in [-0.25, -0.2) is 4.99 Å². The van der Waals surface area contributed by atoms with Crippen LogP contribution in [0, 0.1) is 10.8 Å². The van der Waals surface area contributed by atoms with Crippen molar-refractivity contribution in [3.05, 3.63) is 35.4 Å². The van der Waals surface area contributed by atoms with E-state index in [1.807, 2.05) is 18.7 Å². The number of carbonyl (C=O) groups is 2. The van der Waals surface area contributed by atoms with E-state index in [-0.39, 0.29) is 17.2 Å². The number of amidine groups is 1. The van der Waals surface area contributed by atoms with E-state index in [0.29, 0.717) is 37.8 Å². The summed E-state index contributed by atoms with van der Waals surface area (Å²) in [5.74, 6) is 1.04. The molecule has 0 bridgehead atoms. The Kier molecular flexibility index (Phi) is 6.45. The predicted molar refractivity (Wildman–Crippen MR) is 133 cm³/mol. The van der Waals surface area contributed by atoms with Gasteiger partial charge in [-0.3, -0.25) is 9.59 Å².